The third-order valence-corrected chi connectivity index (χ3v) is 7.69. The van der Waals surface area contributed by atoms with Crippen LogP contribution in [-0.2, 0) is 0 Å². The molecule has 1 heteroatoms. The molecule has 0 unspecified atom stereocenters. The van der Waals surface area contributed by atoms with Crippen LogP contribution in [0.2, 0.25) is 0 Å². The summed E-state index contributed by atoms with van der Waals surface area (Å²) in [6.07, 6.45) is 23.2. The number of hydrogen-bond donors (Lipinski definition) is 0. The van der Waals surface area contributed by atoms with E-state index in [4.69, 9.17) is 4.74 Å². The Morgan fingerprint density at radius 1 is 0.844 bits per heavy atom. The van der Waals surface area contributed by atoms with Crippen molar-refractivity contribution in [1.29, 1.82) is 0 Å². The van der Waals surface area contributed by atoms with Crippen LogP contribution in [0.25, 0.3) is 0 Å². The fourth-order valence-corrected chi connectivity index (χ4v) is 5.44. The summed E-state index contributed by atoms with van der Waals surface area (Å²) in [4.78, 5) is 0. The van der Waals surface area contributed by atoms with E-state index in [1.165, 1.54) is 89.0 Å². The van der Waals surface area contributed by atoms with E-state index in [1.807, 2.05) is 0 Å². The molecule has 2 fully saturated rings. The zero-order valence-corrected chi connectivity index (χ0v) is 20.8. The first-order valence-corrected chi connectivity index (χ1v) is 13.7. The maximum Gasteiger partial charge on any atom is 0.119 e. The van der Waals surface area contributed by atoms with Gasteiger partial charge in [0, 0.05) is 5.92 Å². The zero-order chi connectivity index (χ0) is 22.4. The largest absolute Gasteiger partial charge is 0.494 e. The molecule has 3 rings (SSSR count). The third kappa shape index (κ3) is 8.69. The Bertz CT molecular complexity index is 703. The predicted molar refractivity (Wildman–Crippen MR) is 138 cm³/mol. The monoisotopic (exact) mass is 434 g/mol. The van der Waals surface area contributed by atoms with Gasteiger partial charge >= 0.3 is 0 Å². The van der Waals surface area contributed by atoms with Crippen LogP contribution in [0.1, 0.15) is 115 Å². The second-order valence-corrected chi connectivity index (χ2v) is 10.2. The van der Waals surface area contributed by atoms with Crippen molar-refractivity contribution in [3.05, 3.63) is 42.0 Å². The van der Waals surface area contributed by atoms with Crippen LogP contribution < -0.4 is 4.74 Å². The van der Waals surface area contributed by atoms with Gasteiger partial charge in [-0.25, -0.2) is 0 Å². The molecule has 0 saturated heterocycles. The van der Waals surface area contributed by atoms with Gasteiger partial charge in [0.1, 0.15) is 5.75 Å². The predicted octanol–water partition coefficient (Wildman–Crippen LogP) is 9.09. The minimum Gasteiger partial charge on any atom is -0.494 e. The van der Waals surface area contributed by atoms with Gasteiger partial charge in [-0.2, -0.15) is 0 Å². The smallest absolute Gasteiger partial charge is 0.119 e. The van der Waals surface area contributed by atoms with E-state index >= 15 is 0 Å². The van der Waals surface area contributed by atoms with Crippen molar-refractivity contribution in [2.45, 2.75) is 110 Å². The van der Waals surface area contributed by atoms with E-state index in [1.54, 1.807) is 0 Å². The van der Waals surface area contributed by atoms with Crippen LogP contribution in [0.15, 0.2) is 36.4 Å². The first-order chi connectivity index (χ1) is 15.8. The first kappa shape index (κ1) is 25.0. The molecular formula is C31H46O. The van der Waals surface area contributed by atoms with Gasteiger partial charge in [-0.3, -0.25) is 0 Å². The van der Waals surface area contributed by atoms with Crippen LogP contribution in [0.3, 0.4) is 0 Å². The van der Waals surface area contributed by atoms with Crippen LogP contribution in [0.5, 0.6) is 5.75 Å². The van der Waals surface area contributed by atoms with E-state index in [9.17, 15) is 0 Å². The Kier molecular flexibility index (Phi) is 11.3. The lowest BCUT2D eigenvalue weighted by Gasteiger charge is -2.26. The fourth-order valence-electron chi connectivity index (χ4n) is 5.44. The molecule has 0 aromatic heterocycles. The fraction of sp³-hybridized carbons (Fsp3) is 0.677. The highest BCUT2D eigenvalue weighted by Crippen LogP contribution is 2.36. The molecule has 32 heavy (non-hydrogen) atoms. The lowest BCUT2D eigenvalue weighted by Crippen LogP contribution is -2.13. The van der Waals surface area contributed by atoms with E-state index in [-0.39, 0.29) is 0 Å². The SMILES string of the molecule is CCCCCC1CCC(/C=C/C#CC2CCC(c3ccc(OCCCC)cc3)CC2)CC1. The average molecular weight is 435 g/mol. The van der Waals surface area contributed by atoms with Crippen molar-refractivity contribution in [2.24, 2.45) is 17.8 Å². The van der Waals surface area contributed by atoms with Gasteiger partial charge in [-0.15, -0.1) is 0 Å². The number of rotatable bonds is 10. The minimum atomic E-state index is 0.585. The van der Waals surface area contributed by atoms with E-state index in [2.05, 4.69) is 62.1 Å². The third-order valence-electron chi connectivity index (χ3n) is 7.69. The van der Waals surface area contributed by atoms with E-state index in [0.29, 0.717) is 11.8 Å². The Morgan fingerprint density at radius 2 is 1.56 bits per heavy atom. The molecule has 1 aromatic rings. The highest BCUT2D eigenvalue weighted by atomic mass is 16.5. The van der Waals surface area contributed by atoms with Crippen molar-refractivity contribution in [3.8, 4) is 17.6 Å². The summed E-state index contributed by atoms with van der Waals surface area (Å²) in [5, 5.41) is 0. The normalized spacial score (nSPS) is 25.9. The maximum atomic E-state index is 5.80. The van der Waals surface area contributed by atoms with Gasteiger partial charge in [0.15, 0.2) is 0 Å². The summed E-state index contributed by atoms with van der Waals surface area (Å²) in [6, 6.07) is 8.86. The first-order valence-electron chi connectivity index (χ1n) is 13.7. The molecule has 1 nitrogen and oxygen atoms in total. The summed E-state index contributed by atoms with van der Waals surface area (Å²) < 4.78 is 5.80. The Hall–Kier alpha value is -1.68. The van der Waals surface area contributed by atoms with Gasteiger partial charge in [0.05, 0.1) is 6.61 Å². The number of benzene rings is 1. The van der Waals surface area contributed by atoms with Crippen LogP contribution in [-0.4, -0.2) is 6.61 Å². The van der Waals surface area contributed by atoms with Gasteiger partial charge < -0.3 is 4.74 Å². The zero-order valence-electron chi connectivity index (χ0n) is 20.8. The second-order valence-electron chi connectivity index (χ2n) is 10.2. The van der Waals surface area contributed by atoms with Crippen molar-refractivity contribution >= 4 is 0 Å². The van der Waals surface area contributed by atoms with Gasteiger partial charge in [-0.05, 0) is 99.3 Å². The molecule has 1 aromatic carbocycles. The molecule has 0 heterocycles. The summed E-state index contributed by atoms with van der Waals surface area (Å²) in [5.41, 5.74) is 1.48. The van der Waals surface area contributed by atoms with Gasteiger partial charge in [0.2, 0.25) is 0 Å². The maximum absolute atomic E-state index is 5.80. The lowest BCUT2D eigenvalue weighted by atomic mass is 9.79. The number of hydrogen-bond acceptors (Lipinski definition) is 1. The minimum absolute atomic E-state index is 0.585. The topological polar surface area (TPSA) is 9.23 Å². The number of ether oxygens (including phenoxy) is 1. The highest BCUT2D eigenvalue weighted by Gasteiger charge is 2.21. The lowest BCUT2D eigenvalue weighted by molar-refractivity contribution is 0.289. The molecule has 2 aliphatic carbocycles. The summed E-state index contributed by atoms with van der Waals surface area (Å²) in [5.74, 6) is 11.0. The summed E-state index contributed by atoms with van der Waals surface area (Å²) in [6.45, 7) is 5.33. The molecule has 0 bridgehead atoms. The molecule has 0 radical (unpaired) electrons. The molecule has 0 amide bonds. The quantitative estimate of drug-likeness (QED) is 0.263. The average Bonchev–Trinajstić information content (AvgIpc) is 2.84. The molecule has 0 N–H and O–H groups in total. The Balaban J connectivity index is 1.33. The molecule has 2 saturated carbocycles. The Labute approximate surface area is 198 Å². The molecule has 0 spiro atoms. The molecule has 176 valence electrons. The summed E-state index contributed by atoms with van der Waals surface area (Å²) >= 11 is 0. The van der Waals surface area contributed by atoms with E-state index < -0.39 is 0 Å². The van der Waals surface area contributed by atoms with Crippen LogP contribution in [0, 0.1) is 29.6 Å². The highest BCUT2D eigenvalue weighted by molar-refractivity contribution is 5.30. The van der Waals surface area contributed by atoms with Crippen molar-refractivity contribution < 1.29 is 4.74 Å². The van der Waals surface area contributed by atoms with Crippen LogP contribution >= 0.6 is 0 Å². The number of unbranched alkanes of at least 4 members (excludes halogenated alkanes) is 3. The van der Waals surface area contributed by atoms with Crippen LogP contribution in [0.4, 0.5) is 0 Å². The second kappa shape index (κ2) is 14.5. The standard InChI is InChI=1S/C31H46O/c1-3-5-7-10-26-13-15-27(16-14-26)11-8-9-12-28-17-19-29(20-18-28)30-21-23-31(24-22-30)32-25-6-4-2/h8,11,21-24,26-29H,3-7,10,13-20,25H2,1-2H3/b11-8+. The van der Waals surface area contributed by atoms with Gasteiger partial charge in [0.25, 0.3) is 0 Å². The Morgan fingerprint density at radius 3 is 2.25 bits per heavy atom. The van der Waals surface area contributed by atoms with Crippen molar-refractivity contribution in [3.63, 3.8) is 0 Å². The van der Waals surface area contributed by atoms with E-state index in [0.717, 1.165) is 30.6 Å². The molecule has 0 atom stereocenters. The van der Waals surface area contributed by atoms with Crippen molar-refractivity contribution in [2.75, 3.05) is 6.61 Å². The molecule has 2 aliphatic rings. The van der Waals surface area contributed by atoms with Gasteiger partial charge in [-0.1, -0.05) is 76.0 Å². The molecular weight excluding hydrogens is 388 g/mol. The summed E-state index contributed by atoms with van der Waals surface area (Å²) in [7, 11) is 0. The van der Waals surface area contributed by atoms with Crippen molar-refractivity contribution in [1.82, 2.24) is 0 Å². The number of allylic oxidation sites excluding steroid dienone is 2. The molecule has 0 aliphatic heterocycles.